The third kappa shape index (κ3) is 3.91. The second kappa shape index (κ2) is 6.32. The third-order valence-corrected chi connectivity index (χ3v) is 2.83. The van der Waals surface area contributed by atoms with Crippen molar-refractivity contribution in [3.63, 3.8) is 0 Å². The second-order valence-corrected chi connectivity index (χ2v) is 5.37. The van der Waals surface area contributed by atoms with Crippen LogP contribution in [-0.2, 0) is 0 Å². The van der Waals surface area contributed by atoms with Gasteiger partial charge < -0.3 is 10.6 Å². The van der Waals surface area contributed by atoms with Gasteiger partial charge in [-0.15, -0.1) is 5.10 Å². The van der Waals surface area contributed by atoms with Gasteiger partial charge in [-0.25, -0.2) is 0 Å². The minimum atomic E-state index is 0.275. The fraction of sp³-hybridized carbons (Fsp3) is 0.400. The summed E-state index contributed by atoms with van der Waals surface area (Å²) in [6.07, 6.45) is 1.61. The maximum atomic E-state index is 4.37. The van der Waals surface area contributed by atoms with Crippen molar-refractivity contribution in [2.75, 3.05) is 10.6 Å². The molecule has 1 aromatic carbocycles. The van der Waals surface area contributed by atoms with E-state index in [0.717, 1.165) is 5.69 Å². The van der Waals surface area contributed by atoms with Crippen molar-refractivity contribution >= 4 is 17.5 Å². The van der Waals surface area contributed by atoms with Crippen molar-refractivity contribution < 1.29 is 0 Å². The summed E-state index contributed by atoms with van der Waals surface area (Å²) in [5, 5.41) is 14.2. The zero-order valence-electron chi connectivity index (χ0n) is 12.4. The lowest BCUT2D eigenvalue weighted by atomic mass is 10.0. The molecule has 0 spiro atoms. The topological polar surface area (TPSA) is 62.7 Å². The summed E-state index contributed by atoms with van der Waals surface area (Å²) in [6, 6.07) is 8.61. The molecular formula is C15H21N5. The van der Waals surface area contributed by atoms with Gasteiger partial charge in [0.1, 0.15) is 0 Å². The highest BCUT2D eigenvalue weighted by molar-refractivity contribution is 5.56. The first-order valence-electron chi connectivity index (χ1n) is 6.88. The Morgan fingerprint density at radius 1 is 1.00 bits per heavy atom. The molecule has 0 unspecified atom stereocenters. The largest absolute Gasteiger partial charge is 0.351 e. The Kier molecular flexibility index (Phi) is 4.50. The van der Waals surface area contributed by atoms with Crippen molar-refractivity contribution in [2.45, 2.75) is 39.7 Å². The van der Waals surface area contributed by atoms with E-state index in [9.17, 15) is 0 Å². The predicted octanol–water partition coefficient (Wildman–Crippen LogP) is 3.56. The van der Waals surface area contributed by atoms with Gasteiger partial charge in [-0.05, 0) is 37.5 Å². The van der Waals surface area contributed by atoms with Gasteiger partial charge in [-0.2, -0.15) is 10.1 Å². The van der Waals surface area contributed by atoms with Crippen molar-refractivity contribution in [2.24, 2.45) is 0 Å². The summed E-state index contributed by atoms with van der Waals surface area (Å²) in [5.74, 6) is 1.75. The van der Waals surface area contributed by atoms with Gasteiger partial charge in [0.25, 0.3) is 0 Å². The quantitative estimate of drug-likeness (QED) is 0.870. The van der Waals surface area contributed by atoms with E-state index in [1.165, 1.54) is 5.56 Å². The molecule has 0 bridgehead atoms. The number of nitrogens with zero attached hydrogens (tertiary/aromatic N) is 3. The summed E-state index contributed by atoms with van der Waals surface area (Å²) in [6.45, 7) is 8.43. The highest BCUT2D eigenvalue weighted by Crippen LogP contribution is 2.19. The van der Waals surface area contributed by atoms with Gasteiger partial charge in [0.15, 0.2) is 5.82 Å². The fourth-order valence-corrected chi connectivity index (χ4v) is 1.78. The molecule has 1 heterocycles. The molecule has 5 nitrogen and oxygen atoms in total. The van der Waals surface area contributed by atoms with E-state index < -0.39 is 0 Å². The molecule has 20 heavy (non-hydrogen) atoms. The van der Waals surface area contributed by atoms with Gasteiger partial charge in [0.05, 0.1) is 6.20 Å². The molecule has 106 valence electrons. The van der Waals surface area contributed by atoms with Gasteiger partial charge in [0, 0.05) is 11.7 Å². The minimum Gasteiger partial charge on any atom is -0.351 e. The number of nitrogens with one attached hydrogen (secondary N) is 2. The van der Waals surface area contributed by atoms with Crippen molar-refractivity contribution in [1.29, 1.82) is 0 Å². The lowest BCUT2D eigenvalue weighted by Gasteiger charge is -2.10. The summed E-state index contributed by atoms with van der Waals surface area (Å²) >= 11 is 0. The maximum absolute atomic E-state index is 4.37. The molecule has 0 saturated carbocycles. The SMILES string of the molecule is CC(C)Nc1nncc(Nc2ccc(C(C)C)cc2)n1. The average Bonchev–Trinajstić information content (AvgIpc) is 2.39. The van der Waals surface area contributed by atoms with Crippen molar-refractivity contribution in [1.82, 2.24) is 15.2 Å². The lowest BCUT2D eigenvalue weighted by Crippen LogP contribution is -2.13. The van der Waals surface area contributed by atoms with E-state index in [4.69, 9.17) is 0 Å². The molecule has 2 rings (SSSR count). The van der Waals surface area contributed by atoms with Crippen LogP contribution in [0.4, 0.5) is 17.5 Å². The Balaban J connectivity index is 2.09. The Morgan fingerprint density at radius 2 is 1.70 bits per heavy atom. The maximum Gasteiger partial charge on any atom is 0.244 e. The number of rotatable bonds is 5. The first-order chi connectivity index (χ1) is 9.54. The number of aromatic nitrogens is 3. The third-order valence-electron chi connectivity index (χ3n) is 2.83. The Hall–Kier alpha value is -2.17. The summed E-state index contributed by atoms with van der Waals surface area (Å²) in [7, 11) is 0. The molecule has 0 aliphatic rings. The number of benzene rings is 1. The highest BCUT2D eigenvalue weighted by Gasteiger charge is 2.03. The van der Waals surface area contributed by atoms with Crippen LogP contribution < -0.4 is 10.6 Å². The smallest absolute Gasteiger partial charge is 0.244 e. The van der Waals surface area contributed by atoms with Crippen LogP contribution in [-0.4, -0.2) is 21.2 Å². The van der Waals surface area contributed by atoms with Gasteiger partial charge in [-0.3, -0.25) is 0 Å². The average molecular weight is 271 g/mol. The van der Waals surface area contributed by atoms with Crippen LogP contribution in [0.15, 0.2) is 30.5 Å². The van der Waals surface area contributed by atoms with E-state index in [-0.39, 0.29) is 6.04 Å². The van der Waals surface area contributed by atoms with Crippen LogP contribution in [0, 0.1) is 0 Å². The van der Waals surface area contributed by atoms with E-state index in [0.29, 0.717) is 17.7 Å². The van der Waals surface area contributed by atoms with E-state index in [2.05, 4.69) is 51.8 Å². The highest BCUT2D eigenvalue weighted by atomic mass is 15.3. The van der Waals surface area contributed by atoms with Crippen LogP contribution in [0.25, 0.3) is 0 Å². The van der Waals surface area contributed by atoms with Crippen LogP contribution in [0.5, 0.6) is 0 Å². The molecule has 2 N–H and O–H groups in total. The second-order valence-electron chi connectivity index (χ2n) is 5.37. The number of hydrogen-bond acceptors (Lipinski definition) is 5. The summed E-state index contributed by atoms with van der Waals surface area (Å²) in [5.41, 5.74) is 2.31. The molecule has 0 aliphatic heterocycles. The zero-order chi connectivity index (χ0) is 14.5. The zero-order valence-corrected chi connectivity index (χ0v) is 12.4. The first kappa shape index (κ1) is 14.2. The first-order valence-corrected chi connectivity index (χ1v) is 6.88. The Labute approximate surface area is 119 Å². The van der Waals surface area contributed by atoms with Crippen LogP contribution in [0.3, 0.4) is 0 Å². The molecule has 5 heteroatoms. The lowest BCUT2D eigenvalue weighted by molar-refractivity contribution is 0.852. The monoisotopic (exact) mass is 271 g/mol. The van der Waals surface area contributed by atoms with Crippen molar-refractivity contribution in [3.8, 4) is 0 Å². The molecule has 0 amide bonds. The van der Waals surface area contributed by atoms with E-state index in [1.807, 2.05) is 26.0 Å². The van der Waals surface area contributed by atoms with Crippen LogP contribution >= 0.6 is 0 Å². The molecule has 0 aliphatic carbocycles. The predicted molar refractivity (Wildman–Crippen MR) is 82.4 cm³/mol. The van der Waals surface area contributed by atoms with Crippen molar-refractivity contribution in [3.05, 3.63) is 36.0 Å². The Morgan fingerprint density at radius 3 is 2.30 bits per heavy atom. The molecule has 0 saturated heterocycles. The van der Waals surface area contributed by atoms with Crippen LogP contribution in [0.2, 0.25) is 0 Å². The molecule has 0 atom stereocenters. The van der Waals surface area contributed by atoms with Gasteiger partial charge >= 0.3 is 0 Å². The standard InChI is InChI=1S/C15H21N5/c1-10(2)12-5-7-13(8-6-12)18-14-9-16-20-15(19-14)17-11(3)4/h5-11H,1-4H3,(H2,17,18,19,20). The van der Waals surface area contributed by atoms with Gasteiger partial charge in [0.2, 0.25) is 5.95 Å². The molecule has 1 aromatic heterocycles. The Bertz CT molecular complexity index is 548. The van der Waals surface area contributed by atoms with Gasteiger partial charge in [-0.1, -0.05) is 26.0 Å². The normalized spacial score (nSPS) is 10.9. The molecule has 0 radical (unpaired) electrons. The van der Waals surface area contributed by atoms with E-state index in [1.54, 1.807) is 6.20 Å². The summed E-state index contributed by atoms with van der Waals surface area (Å²) in [4.78, 5) is 4.37. The molecule has 0 fully saturated rings. The number of hydrogen-bond donors (Lipinski definition) is 2. The summed E-state index contributed by atoms with van der Waals surface area (Å²) < 4.78 is 0. The minimum absolute atomic E-state index is 0.275. The van der Waals surface area contributed by atoms with Crippen LogP contribution in [0.1, 0.15) is 39.2 Å². The number of anilines is 3. The van der Waals surface area contributed by atoms with E-state index >= 15 is 0 Å². The molecule has 2 aromatic rings. The fourth-order valence-electron chi connectivity index (χ4n) is 1.78. The molecular weight excluding hydrogens is 250 g/mol.